The van der Waals surface area contributed by atoms with E-state index < -0.39 is 9.84 Å². The molecule has 2 rings (SSSR count). The highest BCUT2D eigenvalue weighted by atomic mass is 32.2. The van der Waals surface area contributed by atoms with Gasteiger partial charge in [0.1, 0.15) is 10.8 Å². The van der Waals surface area contributed by atoms with E-state index in [0.717, 1.165) is 11.3 Å². The second-order valence-electron chi connectivity index (χ2n) is 4.91. The van der Waals surface area contributed by atoms with Gasteiger partial charge in [0.15, 0.2) is 9.84 Å². The Kier molecular flexibility index (Phi) is 3.78. The van der Waals surface area contributed by atoms with Gasteiger partial charge < -0.3 is 11.1 Å². The Hall–Kier alpha value is -1.21. The minimum absolute atomic E-state index is 0.119. The molecule has 1 atom stereocenters. The minimum Gasteiger partial charge on any atom is -0.389 e. The van der Waals surface area contributed by atoms with Crippen LogP contribution in [0.3, 0.4) is 0 Å². The van der Waals surface area contributed by atoms with Gasteiger partial charge in [0.05, 0.1) is 17.1 Å². The number of thiocarbonyl (C=S) groups is 1. The van der Waals surface area contributed by atoms with Crippen LogP contribution in [0, 0.1) is 13.8 Å². The van der Waals surface area contributed by atoms with Crippen molar-refractivity contribution in [2.75, 3.05) is 16.8 Å². The first-order valence-corrected chi connectivity index (χ1v) is 8.26. The van der Waals surface area contributed by atoms with Crippen LogP contribution >= 0.6 is 12.2 Å². The lowest BCUT2D eigenvalue weighted by Crippen LogP contribution is -2.25. The lowest BCUT2D eigenvalue weighted by Gasteiger charge is -2.17. The first kappa shape index (κ1) is 14.2. The molecule has 1 saturated heterocycles. The summed E-state index contributed by atoms with van der Waals surface area (Å²) in [7, 11) is -2.92. The number of nitrogens with zero attached hydrogens (tertiary/aromatic N) is 1. The second kappa shape index (κ2) is 5.05. The van der Waals surface area contributed by atoms with Crippen LogP contribution in [0.4, 0.5) is 5.82 Å². The van der Waals surface area contributed by atoms with Crippen molar-refractivity contribution in [2.24, 2.45) is 5.73 Å². The van der Waals surface area contributed by atoms with Crippen molar-refractivity contribution in [1.82, 2.24) is 4.98 Å². The summed E-state index contributed by atoms with van der Waals surface area (Å²) in [6, 6.07) is 1.79. The maximum Gasteiger partial charge on any atom is 0.152 e. The van der Waals surface area contributed by atoms with E-state index in [9.17, 15) is 8.42 Å². The van der Waals surface area contributed by atoms with E-state index in [-0.39, 0.29) is 22.5 Å². The van der Waals surface area contributed by atoms with Gasteiger partial charge in [-0.2, -0.15) is 0 Å². The van der Waals surface area contributed by atoms with Crippen molar-refractivity contribution in [3.63, 3.8) is 0 Å². The number of nitrogens with two attached hydrogens (primary N) is 1. The molecule has 0 bridgehead atoms. The molecule has 1 aromatic rings. The summed E-state index contributed by atoms with van der Waals surface area (Å²) in [5, 5.41) is 3.17. The third-order valence-corrected chi connectivity index (χ3v) is 5.14. The van der Waals surface area contributed by atoms with E-state index in [2.05, 4.69) is 10.3 Å². The quantitative estimate of drug-likeness (QED) is 0.808. The number of sulfone groups is 1. The zero-order valence-corrected chi connectivity index (χ0v) is 12.6. The molecule has 0 spiro atoms. The number of hydrogen-bond donors (Lipinski definition) is 2. The summed E-state index contributed by atoms with van der Waals surface area (Å²) in [5.41, 5.74) is 8.22. The number of aromatic nitrogens is 1. The van der Waals surface area contributed by atoms with Gasteiger partial charge in [-0.25, -0.2) is 13.4 Å². The molecule has 5 nitrogen and oxygen atoms in total. The molecule has 0 aromatic carbocycles. The van der Waals surface area contributed by atoms with Gasteiger partial charge in [0, 0.05) is 11.7 Å². The zero-order valence-electron chi connectivity index (χ0n) is 10.9. The minimum atomic E-state index is -2.92. The van der Waals surface area contributed by atoms with Gasteiger partial charge in [0.25, 0.3) is 0 Å². The third kappa shape index (κ3) is 3.22. The normalized spacial score (nSPS) is 21.3. The Bertz CT molecular complexity index is 626. The highest BCUT2D eigenvalue weighted by Crippen LogP contribution is 2.22. The van der Waals surface area contributed by atoms with E-state index >= 15 is 0 Å². The Labute approximate surface area is 118 Å². The van der Waals surface area contributed by atoms with Gasteiger partial charge in [-0.1, -0.05) is 12.2 Å². The molecule has 7 heteroatoms. The molecule has 0 radical (unpaired) electrons. The molecule has 0 aliphatic carbocycles. The standard InChI is InChI=1S/C12H17N3O2S2/c1-7-5-8(2)14-12(10(7)11(13)18)15-9-3-4-19(16,17)6-9/h5,9H,3-4,6H2,1-2H3,(H2,13,18)(H,14,15). The molecular weight excluding hydrogens is 282 g/mol. The van der Waals surface area contributed by atoms with E-state index in [1.54, 1.807) is 0 Å². The SMILES string of the molecule is Cc1cc(C)c(C(N)=S)c(NC2CCS(=O)(=O)C2)n1. The number of rotatable bonds is 3. The van der Waals surface area contributed by atoms with Crippen LogP contribution in [-0.4, -0.2) is 35.9 Å². The van der Waals surface area contributed by atoms with Crippen LogP contribution in [-0.2, 0) is 9.84 Å². The van der Waals surface area contributed by atoms with Gasteiger partial charge in [-0.3, -0.25) is 0 Å². The molecule has 0 saturated carbocycles. The molecule has 1 unspecified atom stereocenters. The summed E-state index contributed by atoms with van der Waals surface area (Å²) in [5.74, 6) is 0.947. The first-order chi connectivity index (χ1) is 8.78. The molecule has 2 heterocycles. The number of hydrogen-bond acceptors (Lipinski definition) is 5. The smallest absolute Gasteiger partial charge is 0.152 e. The predicted octanol–water partition coefficient (Wildman–Crippen LogP) is 0.932. The summed E-state index contributed by atoms with van der Waals surface area (Å²) >= 11 is 5.05. The largest absolute Gasteiger partial charge is 0.389 e. The molecule has 19 heavy (non-hydrogen) atoms. The molecule has 1 aliphatic heterocycles. The number of anilines is 1. The topological polar surface area (TPSA) is 85.1 Å². The molecule has 1 aromatic heterocycles. The van der Waals surface area contributed by atoms with Gasteiger partial charge in [0.2, 0.25) is 0 Å². The molecule has 1 fully saturated rings. The Morgan fingerprint density at radius 2 is 2.21 bits per heavy atom. The maximum absolute atomic E-state index is 11.5. The average Bonchev–Trinajstić information content (AvgIpc) is 2.56. The van der Waals surface area contributed by atoms with Crippen LogP contribution in [0.5, 0.6) is 0 Å². The first-order valence-electron chi connectivity index (χ1n) is 6.03. The lowest BCUT2D eigenvalue weighted by molar-refractivity contribution is 0.602. The van der Waals surface area contributed by atoms with E-state index in [4.69, 9.17) is 18.0 Å². The van der Waals surface area contributed by atoms with Crippen molar-refractivity contribution in [1.29, 1.82) is 0 Å². The van der Waals surface area contributed by atoms with Crippen LogP contribution < -0.4 is 11.1 Å². The van der Waals surface area contributed by atoms with Crippen LogP contribution in [0.15, 0.2) is 6.07 Å². The number of pyridine rings is 1. The number of aryl methyl sites for hydroxylation is 2. The summed E-state index contributed by atoms with van der Waals surface area (Å²) < 4.78 is 22.9. The average molecular weight is 299 g/mol. The van der Waals surface area contributed by atoms with Crippen molar-refractivity contribution in [3.8, 4) is 0 Å². The second-order valence-corrected chi connectivity index (χ2v) is 7.58. The van der Waals surface area contributed by atoms with Crippen molar-refractivity contribution < 1.29 is 8.42 Å². The Morgan fingerprint density at radius 1 is 1.53 bits per heavy atom. The van der Waals surface area contributed by atoms with Crippen molar-refractivity contribution in [3.05, 3.63) is 22.9 Å². The Morgan fingerprint density at radius 3 is 2.74 bits per heavy atom. The molecular formula is C12H17N3O2S2. The molecule has 3 N–H and O–H groups in total. The lowest BCUT2D eigenvalue weighted by atomic mass is 10.1. The van der Waals surface area contributed by atoms with E-state index in [0.29, 0.717) is 17.8 Å². The van der Waals surface area contributed by atoms with Crippen molar-refractivity contribution in [2.45, 2.75) is 26.3 Å². The number of nitrogens with one attached hydrogen (secondary N) is 1. The van der Waals surface area contributed by atoms with E-state index in [1.807, 2.05) is 19.9 Å². The zero-order chi connectivity index (χ0) is 14.2. The molecule has 1 aliphatic rings. The fraction of sp³-hybridized carbons (Fsp3) is 0.500. The summed E-state index contributed by atoms with van der Waals surface area (Å²) in [4.78, 5) is 4.66. The highest BCUT2D eigenvalue weighted by molar-refractivity contribution is 7.91. The predicted molar refractivity (Wildman–Crippen MR) is 80.3 cm³/mol. The van der Waals surface area contributed by atoms with Gasteiger partial charge in [-0.15, -0.1) is 0 Å². The maximum atomic E-state index is 11.5. The van der Waals surface area contributed by atoms with Gasteiger partial charge in [-0.05, 0) is 31.9 Å². The van der Waals surface area contributed by atoms with Crippen LogP contribution in [0.2, 0.25) is 0 Å². The summed E-state index contributed by atoms with van der Waals surface area (Å²) in [6.07, 6.45) is 0.591. The molecule has 104 valence electrons. The van der Waals surface area contributed by atoms with Crippen LogP contribution in [0.25, 0.3) is 0 Å². The molecule has 0 amide bonds. The van der Waals surface area contributed by atoms with Gasteiger partial charge >= 0.3 is 0 Å². The third-order valence-electron chi connectivity index (χ3n) is 3.16. The monoisotopic (exact) mass is 299 g/mol. The Balaban J connectivity index is 2.32. The fourth-order valence-electron chi connectivity index (χ4n) is 2.35. The summed E-state index contributed by atoms with van der Waals surface area (Å²) in [6.45, 7) is 3.80. The van der Waals surface area contributed by atoms with Crippen molar-refractivity contribution >= 4 is 32.9 Å². The van der Waals surface area contributed by atoms with Crippen LogP contribution in [0.1, 0.15) is 23.2 Å². The fourth-order valence-corrected chi connectivity index (χ4v) is 4.29. The highest BCUT2D eigenvalue weighted by Gasteiger charge is 2.28. The van der Waals surface area contributed by atoms with E-state index in [1.165, 1.54) is 0 Å².